The van der Waals surface area contributed by atoms with Crippen molar-refractivity contribution < 1.29 is 17.9 Å². The highest BCUT2D eigenvalue weighted by Gasteiger charge is 2.74. The predicted molar refractivity (Wildman–Crippen MR) is 127 cm³/mol. The van der Waals surface area contributed by atoms with E-state index in [0.717, 1.165) is 49.7 Å². The fourth-order valence-corrected chi connectivity index (χ4v) is 9.60. The second-order valence-electron chi connectivity index (χ2n) is 12.0. The van der Waals surface area contributed by atoms with Gasteiger partial charge in [-0.15, -0.1) is 0 Å². The minimum absolute atomic E-state index is 0.0315. The van der Waals surface area contributed by atoms with Gasteiger partial charge in [-0.3, -0.25) is 0 Å². The molecule has 0 aromatic heterocycles. The van der Waals surface area contributed by atoms with Crippen molar-refractivity contribution in [1.29, 1.82) is 0 Å². The van der Waals surface area contributed by atoms with E-state index in [-0.39, 0.29) is 28.9 Å². The number of aryl methyl sites for hydroxylation is 1. The quantitative estimate of drug-likeness (QED) is 0.465. The number of hydrogen-bond acceptors (Lipinski definition) is 4. The fourth-order valence-electron chi connectivity index (χ4n) is 7.76. The first-order valence-electron chi connectivity index (χ1n) is 12.6. The van der Waals surface area contributed by atoms with E-state index in [4.69, 9.17) is 9.47 Å². The molecular formula is C27H37NO4S. The maximum atomic E-state index is 13.6. The largest absolute Gasteiger partial charge is 0.367 e. The van der Waals surface area contributed by atoms with Gasteiger partial charge in [-0.1, -0.05) is 29.8 Å². The third kappa shape index (κ3) is 3.17. The van der Waals surface area contributed by atoms with Crippen molar-refractivity contribution in [3.05, 3.63) is 42.0 Å². The maximum absolute atomic E-state index is 13.6. The number of fused-ring (bicyclic) bond motifs is 4. The van der Waals surface area contributed by atoms with Crippen LogP contribution in [0.3, 0.4) is 0 Å². The van der Waals surface area contributed by atoms with Gasteiger partial charge in [-0.05, 0) is 96.1 Å². The van der Waals surface area contributed by atoms with Gasteiger partial charge in [0.2, 0.25) is 10.0 Å². The van der Waals surface area contributed by atoms with Crippen LogP contribution < -0.4 is 0 Å². The van der Waals surface area contributed by atoms with Gasteiger partial charge in [0.15, 0.2) is 0 Å². The normalized spacial score (nSPS) is 48.2. The molecule has 5 fully saturated rings. The average Bonchev–Trinajstić information content (AvgIpc) is 3.62. The second kappa shape index (κ2) is 6.93. The van der Waals surface area contributed by atoms with Gasteiger partial charge in [-0.25, -0.2) is 8.42 Å². The molecule has 1 unspecified atom stereocenters. The zero-order valence-electron chi connectivity index (χ0n) is 20.3. The van der Waals surface area contributed by atoms with Crippen molar-refractivity contribution in [2.75, 3.05) is 6.54 Å². The third-order valence-electron chi connectivity index (χ3n) is 9.82. The van der Waals surface area contributed by atoms with Crippen LogP contribution in [0.25, 0.3) is 0 Å². The molecule has 2 saturated carbocycles. The minimum atomic E-state index is -3.48. The zero-order chi connectivity index (χ0) is 23.4. The van der Waals surface area contributed by atoms with Crippen LogP contribution in [0.15, 0.2) is 41.3 Å². The molecule has 33 heavy (non-hydrogen) atoms. The minimum Gasteiger partial charge on any atom is -0.367 e. The summed E-state index contributed by atoms with van der Waals surface area (Å²) < 4.78 is 42.0. The van der Waals surface area contributed by atoms with Crippen LogP contribution in [0.2, 0.25) is 0 Å². The smallest absolute Gasteiger partial charge is 0.243 e. The summed E-state index contributed by atoms with van der Waals surface area (Å²) in [5.41, 5.74) is 1.71. The molecule has 2 aliphatic carbocycles. The molecule has 6 rings (SSSR count). The van der Waals surface area contributed by atoms with E-state index in [1.807, 2.05) is 23.4 Å². The molecular weight excluding hydrogens is 434 g/mol. The molecule has 180 valence electrons. The zero-order valence-corrected chi connectivity index (χ0v) is 21.2. The van der Waals surface area contributed by atoms with Crippen molar-refractivity contribution in [3.63, 3.8) is 0 Å². The number of rotatable bonds is 4. The highest BCUT2D eigenvalue weighted by molar-refractivity contribution is 7.89. The Kier molecular flexibility index (Phi) is 4.68. The Hall–Kier alpha value is -1.21. The monoisotopic (exact) mass is 471 g/mol. The highest BCUT2D eigenvalue weighted by Crippen LogP contribution is 2.67. The lowest BCUT2D eigenvalue weighted by molar-refractivity contribution is -0.108. The van der Waals surface area contributed by atoms with Gasteiger partial charge >= 0.3 is 0 Å². The molecule has 0 amide bonds. The fraction of sp³-hybridized carbons (Fsp3) is 0.704. The van der Waals surface area contributed by atoms with Crippen molar-refractivity contribution in [3.8, 4) is 0 Å². The molecule has 3 aliphatic heterocycles. The van der Waals surface area contributed by atoms with Crippen LogP contribution in [0.1, 0.15) is 64.9 Å². The summed E-state index contributed by atoms with van der Waals surface area (Å²) in [4.78, 5) is 0.419. The summed E-state index contributed by atoms with van der Waals surface area (Å²) in [6.07, 6.45) is 6.42. The Bertz CT molecular complexity index is 1100. The number of epoxide rings is 1. The van der Waals surface area contributed by atoms with Crippen LogP contribution >= 0.6 is 0 Å². The topological polar surface area (TPSA) is 58.9 Å². The van der Waals surface area contributed by atoms with Gasteiger partial charge in [0.1, 0.15) is 0 Å². The van der Waals surface area contributed by atoms with Gasteiger partial charge < -0.3 is 9.47 Å². The summed E-state index contributed by atoms with van der Waals surface area (Å²) in [5, 5.41) is 0. The molecule has 5 aliphatic rings. The van der Waals surface area contributed by atoms with Crippen LogP contribution in [-0.4, -0.2) is 48.2 Å². The number of sulfonamides is 1. The molecule has 6 heteroatoms. The van der Waals surface area contributed by atoms with E-state index in [0.29, 0.717) is 29.2 Å². The van der Waals surface area contributed by atoms with Gasteiger partial charge in [0, 0.05) is 6.54 Å². The van der Waals surface area contributed by atoms with Crippen molar-refractivity contribution in [1.82, 2.24) is 4.31 Å². The van der Waals surface area contributed by atoms with E-state index in [1.165, 1.54) is 0 Å². The molecule has 0 bridgehead atoms. The van der Waals surface area contributed by atoms with E-state index >= 15 is 0 Å². The molecule has 1 spiro atoms. The Balaban J connectivity index is 1.31. The lowest BCUT2D eigenvalue weighted by Gasteiger charge is -2.51. The third-order valence-corrected chi connectivity index (χ3v) is 11.8. The first kappa shape index (κ1) is 22.3. The summed E-state index contributed by atoms with van der Waals surface area (Å²) in [6, 6.07) is 7.30. The molecule has 3 heterocycles. The average molecular weight is 472 g/mol. The second-order valence-corrected chi connectivity index (χ2v) is 13.8. The first-order chi connectivity index (χ1) is 15.5. The number of ether oxygens (including phenoxy) is 2. The molecule has 0 radical (unpaired) electrons. The van der Waals surface area contributed by atoms with E-state index in [2.05, 4.69) is 27.4 Å². The van der Waals surface area contributed by atoms with Gasteiger partial charge in [0.05, 0.1) is 33.8 Å². The molecule has 3 saturated heterocycles. The van der Waals surface area contributed by atoms with Gasteiger partial charge in [0.25, 0.3) is 0 Å². The summed E-state index contributed by atoms with van der Waals surface area (Å²) in [7, 11) is -3.48. The lowest BCUT2D eigenvalue weighted by Crippen LogP contribution is -2.55. The number of nitrogens with zero attached hydrogens (tertiary/aromatic N) is 1. The first-order valence-corrected chi connectivity index (χ1v) is 14.0. The van der Waals surface area contributed by atoms with Gasteiger partial charge in [-0.2, -0.15) is 4.31 Å². The van der Waals surface area contributed by atoms with E-state index in [1.54, 1.807) is 12.1 Å². The van der Waals surface area contributed by atoms with Crippen molar-refractivity contribution in [2.24, 2.45) is 17.8 Å². The summed E-state index contributed by atoms with van der Waals surface area (Å²) in [5.74, 6) is 1.08. The standard InChI is InChI=1S/C27H37NO4S/c1-17(2)22-12-14-25(4,31-22)20-11-15-27(21-10-13-26(5)24(32-26)23(20)21)16-28(27)33(29,30)19-8-6-18(3)7-9-19/h6-9,20-24H,1,10-16H2,2-5H3/t20-,21-,22+,23+,24-,25+,26+,27+,28?/m0/s1. The number of hydrogen-bond donors (Lipinski definition) is 0. The Morgan fingerprint density at radius 3 is 2.33 bits per heavy atom. The van der Waals surface area contributed by atoms with E-state index in [9.17, 15) is 8.42 Å². The van der Waals surface area contributed by atoms with Crippen LogP contribution in [0.4, 0.5) is 0 Å². The molecule has 1 aromatic carbocycles. The molecule has 9 atom stereocenters. The van der Waals surface area contributed by atoms with Crippen molar-refractivity contribution in [2.45, 2.75) is 100 Å². The van der Waals surface area contributed by atoms with Crippen LogP contribution in [0, 0.1) is 24.7 Å². The molecule has 0 N–H and O–H groups in total. The lowest BCUT2D eigenvalue weighted by atomic mass is 9.55. The van der Waals surface area contributed by atoms with Crippen LogP contribution in [0.5, 0.6) is 0 Å². The van der Waals surface area contributed by atoms with Crippen molar-refractivity contribution >= 4 is 10.0 Å². The molecule has 1 aromatic rings. The predicted octanol–water partition coefficient (Wildman–Crippen LogP) is 4.85. The Morgan fingerprint density at radius 1 is 1.00 bits per heavy atom. The highest BCUT2D eigenvalue weighted by atomic mass is 32.2. The Labute approximate surface area is 198 Å². The molecule has 5 nitrogen and oxygen atoms in total. The van der Waals surface area contributed by atoms with E-state index < -0.39 is 10.0 Å². The Morgan fingerprint density at radius 2 is 1.67 bits per heavy atom. The maximum Gasteiger partial charge on any atom is 0.243 e. The summed E-state index contributed by atoms with van der Waals surface area (Å²) >= 11 is 0. The summed E-state index contributed by atoms with van der Waals surface area (Å²) in [6.45, 7) is 13.4. The van der Waals surface area contributed by atoms with Crippen LogP contribution in [-0.2, 0) is 19.5 Å². The SMILES string of the molecule is C=C(C)[C@H]1CC[C@](C)([C@H]2CC[C@@]3(CN3S(=O)(=O)c3ccc(C)cc3)[C@H]3CC[C@@]4(C)O[C@H]4[C@@H]32)O1. The number of benzene rings is 1.